The van der Waals surface area contributed by atoms with Crippen molar-refractivity contribution in [3.8, 4) is 5.75 Å². The number of carbonyl (C=O) groups is 1. The Balaban J connectivity index is 1.69. The smallest absolute Gasteiger partial charge is 0.255 e. The average Bonchev–Trinajstić information content (AvgIpc) is 2.68. The van der Waals surface area contributed by atoms with E-state index in [4.69, 9.17) is 4.74 Å². The summed E-state index contributed by atoms with van der Waals surface area (Å²) in [5.74, 6) is 1.06. The highest BCUT2D eigenvalue weighted by Gasteiger charge is 2.11. The number of nitrogens with zero attached hydrogens (tertiary/aromatic N) is 2. The van der Waals surface area contributed by atoms with E-state index in [1.54, 1.807) is 30.7 Å². The van der Waals surface area contributed by atoms with Crippen LogP contribution in [-0.2, 0) is 6.54 Å². The molecular formula is C21H22N4O2. The van der Waals surface area contributed by atoms with E-state index in [-0.39, 0.29) is 12.0 Å². The second-order valence-electron chi connectivity index (χ2n) is 6.26. The van der Waals surface area contributed by atoms with E-state index in [1.165, 1.54) is 0 Å². The van der Waals surface area contributed by atoms with Crippen molar-refractivity contribution in [2.45, 2.75) is 26.5 Å². The maximum absolute atomic E-state index is 12.6. The second-order valence-corrected chi connectivity index (χ2v) is 6.26. The molecule has 138 valence electrons. The Bertz CT molecular complexity index is 897. The van der Waals surface area contributed by atoms with Crippen LogP contribution in [0.4, 0.5) is 11.5 Å². The standard InChI is InChI=1S/C21H22N4O2/c1-15(2)27-19-6-4-3-5-18(19)25-21(26)17-9-12-23-20(13-17)24-14-16-7-10-22-11-8-16/h3-13,15H,14H2,1-2H3,(H,23,24)(H,25,26). The van der Waals surface area contributed by atoms with Gasteiger partial charge in [-0.15, -0.1) is 0 Å². The van der Waals surface area contributed by atoms with Gasteiger partial charge in [0.1, 0.15) is 11.6 Å². The molecule has 0 bridgehead atoms. The van der Waals surface area contributed by atoms with Gasteiger partial charge in [0.25, 0.3) is 5.91 Å². The predicted octanol–water partition coefficient (Wildman–Crippen LogP) is 4.13. The molecule has 1 aromatic carbocycles. The van der Waals surface area contributed by atoms with E-state index < -0.39 is 0 Å². The molecule has 2 aromatic heterocycles. The molecule has 2 N–H and O–H groups in total. The zero-order chi connectivity index (χ0) is 19.1. The Labute approximate surface area is 158 Å². The number of hydrogen-bond acceptors (Lipinski definition) is 5. The minimum atomic E-state index is -0.218. The fraction of sp³-hybridized carbons (Fsp3) is 0.190. The number of benzene rings is 1. The maximum Gasteiger partial charge on any atom is 0.255 e. The largest absolute Gasteiger partial charge is 0.489 e. The highest BCUT2D eigenvalue weighted by atomic mass is 16.5. The minimum Gasteiger partial charge on any atom is -0.489 e. The molecule has 0 spiro atoms. The van der Waals surface area contributed by atoms with Crippen LogP contribution in [-0.4, -0.2) is 22.0 Å². The molecule has 0 saturated carbocycles. The quantitative estimate of drug-likeness (QED) is 0.661. The number of amides is 1. The number of aromatic nitrogens is 2. The van der Waals surface area contributed by atoms with Crippen molar-refractivity contribution < 1.29 is 9.53 Å². The van der Waals surface area contributed by atoms with Gasteiger partial charge >= 0.3 is 0 Å². The molecule has 0 atom stereocenters. The first-order valence-electron chi connectivity index (χ1n) is 8.77. The second kappa shape index (κ2) is 8.80. The first-order valence-corrected chi connectivity index (χ1v) is 8.77. The molecule has 1 amide bonds. The van der Waals surface area contributed by atoms with Crippen molar-refractivity contribution in [3.05, 3.63) is 78.2 Å². The molecule has 0 aliphatic rings. The monoisotopic (exact) mass is 362 g/mol. The predicted molar refractivity (Wildman–Crippen MR) is 106 cm³/mol. The Morgan fingerprint density at radius 2 is 1.85 bits per heavy atom. The van der Waals surface area contributed by atoms with Crippen molar-refractivity contribution in [1.29, 1.82) is 0 Å². The summed E-state index contributed by atoms with van der Waals surface area (Å²) in [4.78, 5) is 20.9. The summed E-state index contributed by atoms with van der Waals surface area (Å²) in [7, 11) is 0. The van der Waals surface area contributed by atoms with Crippen LogP contribution in [0.5, 0.6) is 5.75 Å². The van der Waals surface area contributed by atoms with Gasteiger partial charge in [-0.1, -0.05) is 12.1 Å². The van der Waals surface area contributed by atoms with Crippen molar-refractivity contribution in [2.24, 2.45) is 0 Å². The van der Waals surface area contributed by atoms with Gasteiger partial charge in [0.05, 0.1) is 11.8 Å². The zero-order valence-corrected chi connectivity index (χ0v) is 15.3. The molecular weight excluding hydrogens is 340 g/mol. The number of ether oxygens (including phenoxy) is 1. The summed E-state index contributed by atoms with van der Waals surface area (Å²) >= 11 is 0. The van der Waals surface area contributed by atoms with E-state index >= 15 is 0 Å². The van der Waals surface area contributed by atoms with Gasteiger partial charge in [0.2, 0.25) is 0 Å². The molecule has 0 fully saturated rings. The lowest BCUT2D eigenvalue weighted by Crippen LogP contribution is -2.15. The lowest BCUT2D eigenvalue weighted by molar-refractivity contribution is 0.102. The molecule has 27 heavy (non-hydrogen) atoms. The first-order chi connectivity index (χ1) is 13.1. The summed E-state index contributed by atoms with van der Waals surface area (Å²) in [5, 5.41) is 6.12. The lowest BCUT2D eigenvalue weighted by atomic mass is 10.2. The highest BCUT2D eigenvalue weighted by Crippen LogP contribution is 2.25. The normalized spacial score (nSPS) is 10.5. The Morgan fingerprint density at radius 1 is 1.07 bits per heavy atom. The summed E-state index contributed by atoms with van der Waals surface area (Å²) in [6.45, 7) is 4.50. The molecule has 6 heteroatoms. The molecule has 3 aromatic rings. The number of carbonyl (C=O) groups excluding carboxylic acids is 1. The average molecular weight is 362 g/mol. The molecule has 6 nitrogen and oxygen atoms in total. The molecule has 0 radical (unpaired) electrons. The van der Waals surface area contributed by atoms with Crippen molar-refractivity contribution in [3.63, 3.8) is 0 Å². The van der Waals surface area contributed by atoms with Crippen LogP contribution in [0.15, 0.2) is 67.1 Å². The van der Waals surface area contributed by atoms with Crippen LogP contribution < -0.4 is 15.4 Å². The van der Waals surface area contributed by atoms with E-state index in [9.17, 15) is 4.79 Å². The highest BCUT2D eigenvalue weighted by molar-refractivity contribution is 6.05. The summed E-state index contributed by atoms with van der Waals surface area (Å²) < 4.78 is 5.75. The maximum atomic E-state index is 12.6. The van der Waals surface area contributed by atoms with Crippen LogP contribution >= 0.6 is 0 Å². The van der Waals surface area contributed by atoms with E-state index in [0.29, 0.717) is 29.4 Å². The van der Waals surface area contributed by atoms with Gasteiger partial charge in [0, 0.05) is 30.7 Å². The third-order valence-corrected chi connectivity index (χ3v) is 3.74. The number of para-hydroxylation sites is 2. The van der Waals surface area contributed by atoms with Gasteiger partial charge in [-0.25, -0.2) is 4.98 Å². The molecule has 0 aliphatic carbocycles. The fourth-order valence-electron chi connectivity index (χ4n) is 2.48. The summed E-state index contributed by atoms with van der Waals surface area (Å²) in [6.07, 6.45) is 5.11. The van der Waals surface area contributed by atoms with Crippen LogP contribution in [0.3, 0.4) is 0 Å². The van der Waals surface area contributed by atoms with E-state index in [1.807, 2.05) is 50.2 Å². The fourth-order valence-corrected chi connectivity index (χ4v) is 2.48. The molecule has 0 saturated heterocycles. The van der Waals surface area contributed by atoms with Gasteiger partial charge in [-0.05, 0) is 55.8 Å². The lowest BCUT2D eigenvalue weighted by Gasteiger charge is -2.15. The Kier molecular flexibility index (Phi) is 5.99. The zero-order valence-electron chi connectivity index (χ0n) is 15.3. The van der Waals surface area contributed by atoms with Crippen molar-refractivity contribution in [1.82, 2.24) is 9.97 Å². The molecule has 2 heterocycles. The number of hydrogen-bond donors (Lipinski definition) is 2. The Morgan fingerprint density at radius 3 is 2.63 bits per heavy atom. The third-order valence-electron chi connectivity index (χ3n) is 3.74. The van der Waals surface area contributed by atoms with Gasteiger partial charge in [-0.3, -0.25) is 9.78 Å². The van der Waals surface area contributed by atoms with Gasteiger partial charge in [0.15, 0.2) is 0 Å². The van der Waals surface area contributed by atoms with Gasteiger partial charge < -0.3 is 15.4 Å². The van der Waals surface area contributed by atoms with Crippen molar-refractivity contribution >= 4 is 17.4 Å². The summed E-state index contributed by atoms with van der Waals surface area (Å²) in [5.41, 5.74) is 2.24. The van der Waals surface area contributed by atoms with Crippen molar-refractivity contribution in [2.75, 3.05) is 10.6 Å². The molecule has 0 aliphatic heterocycles. The number of rotatable bonds is 7. The molecule has 3 rings (SSSR count). The van der Waals surface area contributed by atoms with Crippen LogP contribution in [0.2, 0.25) is 0 Å². The first kappa shape index (κ1) is 18.4. The van der Waals surface area contributed by atoms with Crippen LogP contribution in [0.1, 0.15) is 29.8 Å². The number of nitrogens with one attached hydrogen (secondary N) is 2. The van der Waals surface area contributed by atoms with Gasteiger partial charge in [-0.2, -0.15) is 0 Å². The molecule has 0 unspecified atom stereocenters. The number of pyridine rings is 2. The SMILES string of the molecule is CC(C)Oc1ccccc1NC(=O)c1ccnc(NCc2ccncc2)c1. The Hall–Kier alpha value is -3.41. The van der Waals surface area contributed by atoms with Crippen LogP contribution in [0, 0.1) is 0 Å². The topological polar surface area (TPSA) is 76.1 Å². The number of anilines is 2. The summed E-state index contributed by atoms with van der Waals surface area (Å²) in [6, 6.07) is 14.6. The van der Waals surface area contributed by atoms with E-state index in [2.05, 4.69) is 20.6 Å². The van der Waals surface area contributed by atoms with E-state index in [0.717, 1.165) is 5.56 Å². The minimum absolute atomic E-state index is 0.0213. The third kappa shape index (κ3) is 5.28. The van der Waals surface area contributed by atoms with Crippen LogP contribution in [0.25, 0.3) is 0 Å².